The van der Waals surface area contributed by atoms with Crippen molar-refractivity contribution in [3.63, 3.8) is 0 Å². The van der Waals surface area contributed by atoms with Crippen LogP contribution in [0.15, 0.2) is 60.7 Å². The molecule has 2 aromatic carbocycles. The Morgan fingerprint density at radius 3 is 1.29 bits per heavy atom. The number of rotatable bonds is 2. The van der Waals surface area contributed by atoms with Crippen molar-refractivity contribution in [2.24, 2.45) is 0 Å². The first-order valence-corrected chi connectivity index (χ1v) is 5.16. The van der Waals surface area contributed by atoms with Crippen LogP contribution in [-0.4, -0.2) is 0 Å². The van der Waals surface area contributed by atoms with Crippen molar-refractivity contribution in [1.29, 1.82) is 0 Å². The Kier molecular flexibility index (Phi) is 6.71. The van der Waals surface area contributed by atoms with Crippen molar-refractivity contribution in [3.05, 3.63) is 60.7 Å². The van der Waals surface area contributed by atoms with E-state index in [4.69, 9.17) is 0 Å². The molecule has 0 fully saturated rings. The maximum Gasteiger partial charge on any atom is 1.00 e. The zero-order chi connectivity index (χ0) is 8.93. The van der Waals surface area contributed by atoms with Gasteiger partial charge in [0, 0.05) is 0 Å². The normalized spacial score (nSPS) is 9.14. The van der Waals surface area contributed by atoms with Crippen LogP contribution in [0.1, 0.15) is 0 Å². The van der Waals surface area contributed by atoms with E-state index in [1.54, 1.807) is 0 Å². The Morgan fingerprint density at radius 2 is 0.929 bits per heavy atom. The maximum atomic E-state index is 2.15. The Morgan fingerprint density at radius 1 is 0.571 bits per heavy atom. The fraction of sp³-hybridized carbons (Fsp3) is 0. The molecule has 0 aliphatic heterocycles. The topological polar surface area (TPSA) is 0 Å². The van der Waals surface area contributed by atoms with Gasteiger partial charge in [-0.05, 0) is 0 Å². The molecule has 0 N–H and O–H groups in total. The van der Waals surface area contributed by atoms with Crippen molar-refractivity contribution in [1.82, 2.24) is 0 Å². The van der Waals surface area contributed by atoms with Crippen molar-refractivity contribution >= 4 is 19.2 Å². The summed E-state index contributed by atoms with van der Waals surface area (Å²) in [7, 11) is 1.28. The third-order valence-electron chi connectivity index (χ3n) is 1.77. The SMILES string of the molecule is [Cs+].c1ccc([P-]c2ccccc2)cc1. The van der Waals surface area contributed by atoms with Crippen LogP contribution in [0.2, 0.25) is 0 Å². The molecule has 2 heteroatoms. The number of hydrogen-bond acceptors (Lipinski definition) is 0. The van der Waals surface area contributed by atoms with E-state index in [9.17, 15) is 0 Å². The first-order chi connectivity index (χ1) is 6.45. The predicted octanol–water partition coefficient (Wildman–Crippen LogP) is -0.412. The number of benzene rings is 2. The van der Waals surface area contributed by atoms with E-state index in [1.807, 2.05) is 12.1 Å². The average Bonchev–Trinajstić information content (AvgIpc) is 2.21. The van der Waals surface area contributed by atoms with Gasteiger partial charge in [-0.15, -0.1) is 0 Å². The van der Waals surface area contributed by atoms with E-state index in [0.29, 0.717) is 0 Å². The summed E-state index contributed by atoms with van der Waals surface area (Å²) in [5.41, 5.74) is 0. The average molecular weight is 318 g/mol. The largest absolute Gasteiger partial charge is 1.00 e. The van der Waals surface area contributed by atoms with Gasteiger partial charge < -0.3 is 8.58 Å². The van der Waals surface area contributed by atoms with E-state index in [1.165, 1.54) is 19.2 Å². The van der Waals surface area contributed by atoms with Gasteiger partial charge in [-0.3, -0.25) is 0 Å². The third kappa shape index (κ3) is 4.20. The van der Waals surface area contributed by atoms with Gasteiger partial charge in [0.1, 0.15) is 0 Å². The van der Waals surface area contributed by atoms with Crippen molar-refractivity contribution in [2.75, 3.05) is 0 Å². The molecule has 2 rings (SSSR count). The second kappa shape index (κ2) is 7.24. The molecule has 0 aliphatic rings. The van der Waals surface area contributed by atoms with E-state index in [-0.39, 0.29) is 68.9 Å². The zero-order valence-corrected chi connectivity index (χ0v) is 15.4. The molecule has 0 saturated heterocycles. The molecular formula is C12H10CsP. The molecule has 2 aromatic rings. The van der Waals surface area contributed by atoms with Gasteiger partial charge in [-0.1, -0.05) is 60.7 Å². The fourth-order valence-electron chi connectivity index (χ4n) is 1.15. The molecule has 0 aromatic heterocycles. The molecule has 0 saturated carbocycles. The van der Waals surface area contributed by atoms with Crippen LogP contribution in [-0.2, 0) is 0 Å². The van der Waals surface area contributed by atoms with Crippen LogP contribution >= 0.6 is 8.58 Å². The summed E-state index contributed by atoms with van der Waals surface area (Å²) >= 11 is 0. The van der Waals surface area contributed by atoms with Crippen LogP contribution in [0.4, 0.5) is 0 Å². The third-order valence-corrected chi connectivity index (χ3v) is 2.88. The summed E-state index contributed by atoms with van der Waals surface area (Å²) in [6, 6.07) is 21.0. The van der Waals surface area contributed by atoms with Gasteiger partial charge in [0.15, 0.2) is 0 Å². The van der Waals surface area contributed by atoms with Gasteiger partial charge in [-0.2, -0.15) is 0 Å². The number of hydrogen-bond donors (Lipinski definition) is 0. The fourth-order valence-corrected chi connectivity index (χ4v) is 2.09. The summed E-state index contributed by atoms with van der Waals surface area (Å²) in [5, 5.41) is 2.68. The summed E-state index contributed by atoms with van der Waals surface area (Å²) < 4.78 is 0. The monoisotopic (exact) mass is 318 g/mol. The van der Waals surface area contributed by atoms with Gasteiger partial charge in [0.25, 0.3) is 0 Å². The van der Waals surface area contributed by atoms with Crippen molar-refractivity contribution < 1.29 is 68.9 Å². The Balaban J connectivity index is 0.000000980. The molecule has 0 aliphatic carbocycles. The van der Waals surface area contributed by atoms with Gasteiger partial charge in [0.05, 0.1) is 0 Å². The van der Waals surface area contributed by atoms with E-state index < -0.39 is 0 Å². The summed E-state index contributed by atoms with van der Waals surface area (Å²) in [6.45, 7) is 0. The molecule has 14 heavy (non-hydrogen) atoms. The maximum absolute atomic E-state index is 2.15. The van der Waals surface area contributed by atoms with Crippen LogP contribution in [0.25, 0.3) is 0 Å². The van der Waals surface area contributed by atoms with Crippen LogP contribution in [0.5, 0.6) is 0 Å². The second-order valence-corrected chi connectivity index (χ2v) is 4.04. The van der Waals surface area contributed by atoms with Crippen LogP contribution in [0.3, 0.4) is 0 Å². The summed E-state index contributed by atoms with van der Waals surface area (Å²) in [6.07, 6.45) is 0. The second-order valence-electron chi connectivity index (χ2n) is 2.78. The van der Waals surface area contributed by atoms with E-state index in [2.05, 4.69) is 48.5 Å². The Bertz CT molecular complexity index is 321. The summed E-state index contributed by atoms with van der Waals surface area (Å²) in [5.74, 6) is 0. The predicted molar refractivity (Wildman–Crippen MR) is 59.1 cm³/mol. The molecule has 0 atom stereocenters. The molecule has 0 spiro atoms. The molecule has 0 radical (unpaired) electrons. The Hall–Kier alpha value is 0.922. The standard InChI is InChI=1S/C12H10P.Cs/c1-3-7-11(8-4-1)13-12-9-5-2-6-10-12;/h1-10H;/q-1;+1. The molecule has 0 bridgehead atoms. The smallest absolute Gasteiger partial charge is 0.472 e. The molecule has 0 nitrogen and oxygen atoms in total. The van der Waals surface area contributed by atoms with E-state index >= 15 is 0 Å². The minimum atomic E-state index is 0. The molecule has 0 unspecified atom stereocenters. The van der Waals surface area contributed by atoms with Gasteiger partial charge in [0.2, 0.25) is 0 Å². The molecule has 0 amide bonds. The van der Waals surface area contributed by atoms with Crippen molar-refractivity contribution in [3.8, 4) is 0 Å². The summed E-state index contributed by atoms with van der Waals surface area (Å²) in [4.78, 5) is 0. The first kappa shape index (κ1) is 13.0. The van der Waals surface area contributed by atoms with Crippen LogP contribution < -0.4 is 79.5 Å². The van der Waals surface area contributed by atoms with Gasteiger partial charge >= 0.3 is 68.9 Å². The Labute approximate surface area is 146 Å². The first-order valence-electron chi connectivity index (χ1n) is 4.27. The molecule has 64 valence electrons. The zero-order valence-electron chi connectivity index (χ0n) is 8.22. The van der Waals surface area contributed by atoms with Crippen molar-refractivity contribution in [2.45, 2.75) is 0 Å². The minimum Gasteiger partial charge on any atom is -0.472 e. The van der Waals surface area contributed by atoms with Crippen LogP contribution in [0, 0.1) is 0 Å². The minimum absolute atomic E-state index is 0. The molecule has 0 heterocycles. The van der Waals surface area contributed by atoms with E-state index in [0.717, 1.165) is 0 Å². The molecular weight excluding hydrogens is 308 g/mol. The quantitative estimate of drug-likeness (QED) is 0.661. The van der Waals surface area contributed by atoms with Gasteiger partial charge in [-0.25, -0.2) is 10.6 Å².